The van der Waals surface area contributed by atoms with Crippen molar-refractivity contribution in [3.63, 3.8) is 0 Å². The molecule has 7 heteroatoms. The Morgan fingerprint density at radius 3 is 3.00 bits per heavy atom. The van der Waals surface area contributed by atoms with Gasteiger partial charge in [-0.1, -0.05) is 0 Å². The van der Waals surface area contributed by atoms with E-state index < -0.39 is 5.97 Å². The Balaban J connectivity index is 2.06. The molecule has 2 N–H and O–H groups in total. The number of carbonyl (C=O) groups is 2. The van der Waals surface area contributed by atoms with Crippen LogP contribution >= 0.6 is 0 Å². The molecular weight excluding hydrogens is 250 g/mol. The number of morpholine rings is 1. The highest BCUT2D eigenvalue weighted by molar-refractivity contribution is 5.92. The monoisotopic (exact) mass is 265 g/mol. The van der Waals surface area contributed by atoms with E-state index in [2.05, 4.69) is 10.3 Å². The Morgan fingerprint density at radius 2 is 2.32 bits per heavy atom. The van der Waals surface area contributed by atoms with Gasteiger partial charge in [-0.3, -0.25) is 4.98 Å². The number of pyridine rings is 1. The molecule has 7 nitrogen and oxygen atoms in total. The number of nitrogens with one attached hydrogen (secondary N) is 1. The van der Waals surface area contributed by atoms with Crippen LogP contribution < -0.4 is 5.32 Å². The number of nitrogens with zero attached hydrogens (tertiary/aromatic N) is 2. The zero-order valence-corrected chi connectivity index (χ0v) is 10.5. The van der Waals surface area contributed by atoms with E-state index in [1.807, 2.05) is 6.92 Å². The average Bonchev–Trinajstić information content (AvgIpc) is 2.39. The second-order valence-corrected chi connectivity index (χ2v) is 4.31. The molecule has 0 saturated carbocycles. The predicted molar refractivity (Wildman–Crippen MR) is 67.2 cm³/mol. The van der Waals surface area contributed by atoms with Crippen LogP contribution in [0.15, 0.2) is 18.5 Å². The standard InChI is InChI=1S/C12H15N3O4/c1-8-7-19-3-2-15(8)12(18)14-10-4-9(11(16)17)5-13-6-10/h4-6,8H,2-3,7H2,1H3,(H,14,18)(H,16,17). The van der Waals surface area contributed by atoms with E-state index in [1.54, 1.807) is 4.90 Å². The zero-order chi connectivity index (χ0) is 13.8. The van der Waals surface area contributed by atoms with Gasteiger partial charge in [0.25, 0.3) is 0 Å². The van der Waals surface area contributed by atoms with Crippen LogP contribution in [0.25, 0.3) is 0 Å². The Bertz CT molecular complexity index is 492. The van der Waals surface area contributed by atoms with Gasteiger partial charge in [0.1, 0.15) is 0 Å². The largest absolute Gasteiger partial charge is 0.478 e. The summed E-state index contributed by atoms with van der Waals surface area (Å²) in [5.41, 5.74) is 0.399. The summed E-state index contributed by atoms with van der Waals surface area (Å²) in [4.78, 5) is 28.3. The molecule has 19 heavy (non-hydrogen) atoms. The van der Waals surface area contributed by atoms with E-state index in [0.29, 0.717) is 25.4 Å². The van der Waals surface area contributed by atoms with E-state index >= 15 is 0 Å². The maximum Gasteiger partial charge on any atom is 0.337 e. The third kappa shape index (κ3) is 3.19. The lowest BCUT2D eigenvalue weighted by atomic mass is 10.2. The van der Waals surface area contributed by atoms with Crippen molar-refractivity contribution >= 4 is 17.7 Å². The fraction of sp³-hybridized carbons (Fsp3) is 0.417. The molecule has 2 heterocycles. The van der Waals surface area contributed by atoms with Crippen molar-refractivity contribution in [2.75, 3.05) is 25.1 Å². The first-order valence-electron chi connectivity index (χ1n) is 5.91. The minimum Gasteiger partial charge on any atom is -0.478 e. The van der Waals surface area contributed by atoms with Gasteiger partial charge >= 0.3 is 12.0 Å². The summed E-state index contributed by atoms with van der Waals surface area (Å²) < 4.78 is 5.25. The lowest BCUT2D eigenvalue weighted by molar-refractivity contribution is 0.0221. The maximum atomic E-state index is 12.0. The Kier molecular flexibility index (Phi) is 3.96. The van der Waals surface area contributed by atoms with Crippen molar-refractivity contribution in [3.8, 4) is 0 Å². The van der Waals surface area contributed by atoms with Gasteiger partial charge in [-0.2, -0.15) is 0 Å². The Morgan fingerprint density at radius 1 is 1.53 bits per heavy atom. The molecule has 0 spiro atoms. The third-order valence-electron chi connectivity index (χ3n) is 2.86. The average molecular weight is 265 g/mol. The molecule has 0 bridgehead atoms. The number of hydrogen-bond acceptors (Lipinski definition) is 4. The number of rotatable bonds is 2. The van der Waals surface area contributed by atoms with Gasteiger partial charge in [-0.15, -0.1) is 0 Å². The van der Waals surface area contributed by atoms with E-state index in [9.17, 15) is 9.59 Å². The van der Waals surface area contributed by atoms with Gasteiger partial charge in [0.05, 0.1) is 36.7 Å². The highest BCUT2D eigenvalue weighted by Gasteiger charge is 2.23. The van der Waals surface area contributed by atoms with Gasteiger partial charge in [-0.05, 0) is 13.0 Å². The number of ether oxygens (including phenoxy) is 1. The topological polar surface area (TPSA) is 91.8 Å². The lowest BCUT2D eigenvalue weighted by Gasteiger charge is -2.33. The molecule has 1 saturated heterocycles. The van der Waals surface area contributed by atoms with Crippen molar-refractivity contribution in [2.24, 2.45) is 0 Å². The molecule has 1 fully saturated rings. The van der Waals surface area contributed by atoms with E-state index in [0.717, 1.165) is 0 Å². The molecule has 1 unspecified atom stereocenters. The molecule has 2 rings (SSSR count). The fourth-order valence-corrected chi connectivity index (χ4v) is 1.85. The van der Waals surface area contributed by atoms with Crippen molar-refractivity contribution in [1.29, 1.82) is 0 Å². The number of anilines is 1. The van der Waals surface area contributed by atoms with Crippen molar-refractivity contribution < 1.29 is 19.4 Å². The van der Waals surface area contributed by atoms with E-state index in [-0.39, 0.29) is 17.6 Å². The first-order valence-corrected chi connectivity index (χ1v) is 5.91. The van der Waals surface area contributed by atoms with Crippen LogP contribution in [0, 0.1) is 0 Å². The van der Waals surface area contributed by atoms with Gasteiger partial charge in [0, 0.05) is 12.7 Å². The molecule has 1 aromatic heterocycles. The summed E-state index contributed by atoms with van der Waals surface area (Å²) in [6, 6.07) is 1.09. The normalized spacial score (nSPS) is 19.0. The molecule has 102 valence electrons. The smallest absolute Gasteiger partial charge is 0.337 e. The summed E-state index contributed by atoms with van der Waals surface area (Å²) >= 11 is 0. The number of urea groups is 1. The van der Waals surface area contributed by atoms with E-state index in [4.69, 9.17) is 9.84 Å². The maximum absolute atomic E-state index is 12.0. The fourth-order valence-electron chi connectivity index (χ4n) is 1.85. The van der Waals surface area contributed by atoms with E-state index in [1.165, 1.54) is 18.5 Å². The summed E-state index contributed by atoms with van der Waals surface area (Å²) in [7, 11) is 0. The predicted octanol–water partition coefficient (Wildman–Crippen LogP) is 1.03. The number of carboxylic acids is 1. The zero-order valence-electron chi connectivity index (χ0n) is 10.5. The first kappa shape index (κ1) is 13.3. The van der Waals surface area contributed by atoms with Gasteiger partial charge in [-0.25, -0.2) is 9.59 Å². The molecule has 0 aromatic carbocycles. The van der Waals surface area contributed by atoms with Crippen molar-refractivity contribution in [2.45, 2.75) is 13.0 Å². The van der Waals surface area contributed by atoms with Crippen LogP contribution in [0.5, 0.6) is 0 Å². The summed E-state index contributed by atoms with van der Waals surface area (Å²) in [5, 5.41) is 11.5. The first-order chi connectivity index (χ1) is 9.08. The second kappa shape index (κ2) is 5.66. The van der Waals surface area contributed by atoms with Crippen molar-refractivity contribution in [1.82, 2.24) is 9.88 Å². The highest BCUT2D eigenvalue weighted by atomic mass is 16.5. The van der Waals surface area contributed by atoms with Crippen molar-refractivity contribution in [3.05, 3.63) is 24.0 Å². The number of carboxylic acid groups (broad SMARTS) is 1. The second-order valence-electron chi connectivity index (χ2n) is 4.31. The number of aromatic nitrogens is 1. The van der Waals surface area contributed by atoms with Gasteiger partial charge in [0.15, 0.2) is 0 Å². The molecule has 2 amide bonds. The van der Waals surface area contributed by atoms with Crippen LogP contribution in [0.4, 0.5) is 10.5 Å². The van der Waals surface area contributed by atoms with Gasteiger partial charge in [0.2, 0.25) is 0 Å². The van der Waals surface area contributed by atoms with Crippen LogP contribution in [0.1, 0.15) is 17.3 Å². The van der Waals surface area contributed by atoms with Gasteiger partial charge < -0.3 is 20.1 Å². The number of amides is 2. The lowest BCUT2D eigenvalue weighted by Crippen LogP contribution is -2.48. The number of hydrogen-bond donors (Lipinski definition) is 2. The summed E-state index contributed by atoms with van der Waals surface area (Å²) in [6.07, 6.45) is 2.64. The molecular formula is C12H15N3O4. The third-order valence-corrected chi connectivity index (χ3v) is 2.86. The van der Waals surface area contributed by atoms with Crippen LogP contribution in [-0.4, -0.2) is 52.8 Å². The highest BCUT2D eigenvalue weighted by Crippen LogP contribution is 2.12. The number of aromatic carboxylic acids is 1. The molecule has 0 aliphatic carbocycles. The summed E-state index contributed by atoms with van der Waals surface area (Å²) in [6.45, 7) is 3.41. The number of carbonyl (C=O) groups excluding carboxylic acids is 1. The Labute approximate surface area is 110 Å². The molecule has 1 aliphatic rings. The Hall–Kier alpha value is -2.15. The molecule has 1 aliphatic heterocycles. The minimum absolute atomic E-state index is 0.00985. The van der Waals surface area contributed by atoms with Crippen LogP contribution in [-0.2, 0) is 4.74 Å². The SMILES string of the molecule is CC1COCCN1C(=O)Nc1cncc(C(=O)O)c1. The minimum atomic E-state index is -1.08. The molecule has 0 radical (unpaired) electrons. The molecule has 1 atom stereocenters. The van der Waals surface area contributed by atoms with Crippen LogP contribution in [0.3, 0.4) is 0 Å². The van der Waals surface area contributed by atoms with Crippen LogP contribution in [0.2, 0.25) is 0 Å². The summed E-state index contributed by atoms with van der Waals surface area (Å²) in [5.74, 6) is -1.08. The molecule has 1 aromatic rings. The quantitative estimate of drug-likeness (QED) is 0.833.